The van der Waals surface area contributed by atoms with E-state index < -0.39 is 28.1 Å². The number of furan rings is 1. The Kier molecular flexibility index (Phi) is 11.4. The summed E-state index contributed by atoms with van der Waals surface area (Å²) in [5, 5.41) is 6.16. The fourth-order valence-electron chi connectivity index (χ4n) is 4.50. The molecule has 3 aromatic rings. The summed E-state index contributed by atoms with van der Waals surface area (Å²) >= 11 is 0. The molecule has 4 rings (SSSR count). The Morgan fingerprint density at radius 2 is 1.76 bits per heavy atom. The Balaban J connectivity index is 0.000000707. The van der Waals surface area contributed by atoms with Gasteiger partial charge in [0.25, 0.3) is 5.91 Å². The summed E-state index contributed by atoms with van der Waals surface area (Å²) in [5.41, 5.74) is 7.50. The average molecular weight is 652 g/mol. The number of benzene rings is 2. The number of hydrogen-bond donors (Lipinski definition) is 3. The highest BCUT2D eigenvalue weighted by atomic mass is 32.2. The molecule has 1 aromatic heterocycles. The number of amides is 2. The molecule has 15 heteroatoms. The molecule has 0 saturated heterocycles. The van der Waals surface area contributed by atoms with Gasteiger partial charge in [0.1, 0.15) is 23.6 Å². The molecule has 1 unspecified atom stereocenters. The molecule has 244 valence electrons. The molecule has 2 aromatic carbocycles. The molecule has 45 heavy (non-hydrogen) atoms. The summed E-state index contributed by atoms with van der Waals surface area (Å²) in [6.45, 7) is 7.33. The van der Waals surface area contributed by atoms with Crippen molar-refractivity contribution in [1.82, 2.24) is 14.9 Å². The van der Waals surface area contributed by atoms with Crippen molar-refractivity contribution in [2.75, 3.05) is 33.8 Å². The highest BCUT2D eigenvalue weighted by molar-refractivity contribution is 7.89. The van der Waals surface area contributed by atoms with Crippen LogP contribution < -0.4 is 21.1 Å². The summed E-state index contributed by atoms with van der Waals surface area (Å²) in [4.78, 5) is 26.5. The molecule has 0 aliphatic carbocycles. The van der Waals surface area contributed by atoms with Gasteiger partial charge in [-0.15, -0.1) is 0 Å². The number of aliphatic imine (C=N–C) groups is 1. The van der Waals surface area contributed by atoms with Crippen molar-refractivity contribution in [1.29, 1.82) is 0 Å². The van der Waals surface area contributed by atoms with Crippen LogP contribution in [0.15, 0.2) is 63.0 Å². The molecule has 2 heterocycles. The third-order valence-corrected chi connectivity index (χ3v) is 9.26. The monoisotopic (exact) mass is 651 g/mol. The highest BCUT2D eigenvalue weighted by Crippen LogP contribution is 2.32. The lowest BCUT2D eigenvalue weighted by atomic mass is 10.1. The SMILES string of the molecule is COc1cc(C)c(S(=O)(=O)N(C)C(C)c2cc(C(=O)NCCc3ccc(C4=NCCN4)cc3)co2)c(C)c1.NC(=O)C(F)(F)F. The number of carbonyl (C=O) groups is 2. The molecule has 0 fully saturated rings. The normalized spacial score (nSPS) is 13.8. The van der Waals surface area contributed by atoms with Gasteiger partial charge in [0.15, 0.2) is 0 Å². The molecule has 1 aliphatic heterocycles. The molecule has 0 saturated carbocycles. The summed E-state index contributed by atoms with van der Waals surface area (Å²) < 4.78 is 71.2. The van der Waals surface area contributed by atoms with Gasteiger partial charge in [-0.2, -0.15) is 17.5 Å². The Hall–Kier alpha value is -4.37. The van der Waals surface area contributed by atoms with Crippen molar-refractivity contribution in [3.05, 3.63) is 82.3 Å². The van der Waals surface area contributed by atoms with Gasteiger partial charge in [0.2, 0.25) is 10.0 Å². The Bertz CT molecular complexity index is 1630. The molecule has 0 bridgehead atoms. The van der Waals surface area contributed by atoms with E-state index in [0.717, 1.165) is 30.1 Å². The Morgan fingerprint density at radius 1 is 1.16 bits per heavy atom. The van der Waals surface area contributed by atoms with Crippen LogP contribution in [0.1, 0.15) is 51.3 Å². The zero-order valence-corrected chi connectivity index (χ0v) is 26.3. The second-order valence-electron chi connectivity index (χ2n) is 10.2. The van der Waals surface area contributed by atoms with Crippen molar-refractivity contribution < 1.29 is 40.3 Å². The van der Waals surface area contributed by atoms with Gasteiger partial charge in [-0.1, -0.05) is 24.3 Å². The maximum absolute atomic E-state index is 13.5. The fraction of sp³-hybridized carbons (Fsp3) is 0.367. The lowest BCUT2D eigenvalue weighted by molar-refractivity contribution is -0.169. The van der Waals surface area contributed by atoms with Crippen LogP contribution in [0.2, 0.25) is 0 Å². The van der Waals surface area contributed by atoms with Crippen LogP contribution in [0.4, 0.5) is 13.2 Å². The van der Waals surface area contributed by atoms with Crippen molar-refractivity contribution in [3.8, 4) is 5.75 Å². The van der Waals surface area contributed by atoms with Crippen molar-refractivity contribution >= 4 is 27.7 Å². The Labute approximate surface area is 259 Å². The average Bonchev–Trinajstić information content (AvgIpc) is 3.69. The molecule has 0 spiro atoms. The number of carbonyl (C=O) groups excluding carboxylic acids is 2. The van der Waals surface area contributed by atoms with Gasteiger partial charge in [-0.25, -0.2) is 8.42 Å². The number of methoxy groups -OCH3 is 1. The minimum atomic E-state index is -4.86. The number of rotatable bonds is 10. The van der Waals surface area contributed by atoms with Crippen LogP contribution in [0.3, 0.4) is 0 Å². The molecule has 1 aliphatic rings. The third-order valence-electron chi connectivity index (χ3n) is 7.03. The van der Waals surface area contributed by atoms with E-state index in [0.29, 0.717) is 41.2 Å². The number of halogens is 3. The quantitative estimate of drug-likeness (QED) is 0.302. The third kappa shape index (κ3) is 8.85. The molecule has 1 atom stereocenters. The first-order valence-corrected chi connectivity index (χ1v) is 15.2. The smallest absolute Gasteiger partial charge is 0.470 e. The lowest BCUT2D eigenvalue weighted by Gasteiger charge is -2.25. The summed E-state index contributed by atoms with van der Waals surface area (Å²) in [6.07, 6.45) is -2.83. The number of alkyl halides is 3. The lowest BCUT2D eigenvalue weighted by Crippen LogP contribution is -2.30. The minimum Gasteiger partial charge on any atom is -0.497 e. The van der Waals surface area contributed by atoms with Crippen LogP contribution in [-0.2, 0) is 21.2 Å². The number of ether oxygens (including phenoxy) is 1. The van der Waals surface area contributed by atoms with Gasteiger partial charge in [0, 0.05) is 25.7 Å². The van der Waals surface area contributed by atoms with E-state index >= 15 is 0 Å². The first kappa shape index (κ1) is 35.1. The van der Waals surface area contributed by atoms with Gasteiger partial charge >= 0.3 is 12.1 Å². The number of aryl methyl sites for hydroxylation is 2. The molecule has 11 nitrogen and oxygen atoms in total. The number of nitrogens with one attached hydrogen (secondary N) is 2. The highest BCUT2D eigenvalue weighted by Gasteiger charge is 2.35. The second-order valence-corrected chi connectivity index (χ2v) is 12.2. The molecular formula is C30H36F3N5O6S. The van der Waals surface area contributed by atoms with E-state index in [1.807, 2.05) is 24.3 Å². The standard InChI is InChI=1S/C28H34N4O5S.C2H2F3NO/c1-18-14-24(36-5)15-19(2)26(18)38(34,35)32(4)20(3)25-16-23(17-37-25)28(33)31-11-10-21-6-8-22(9-7-21)27-29-12-13-30-27;3-2(4,5)1(6)7/h6-9,14-17,20H,10-13H2,1-5H3,(H,29,30)(H,31,33);(H2,6,7). The van der Waals surface area contributed by atoms with Gasteiger partial charge in [-0.3, -0.25) is 14.6 Å². The first-order chi connectivity index (χ1) is 21.1. The zero-order chi connectivity index (χ0) is 33.5. The van der Waals surface area contributed by atoms with E-state index in [1.54, 1.807) is 46.1 Å². The van der Waals surface area contributed by atoms with Gasteiger partial charge in [-0.05, 0) is 62.1 Å². The summed E-state index contributed by atoms with van der Waals surface area (Å²) in [7, 11) is -0.780. The van der Waals surface area contributed by atoms with E-state index in [-0.39, 0.29) is 10.8 Å². The summed E-state index contributed by atoms with van der Waals surface area (Å²) in [6, 6.07) is 12.5. The van der Waals surface area contributed by atoms with E-state index in [2.05, 4.69) is 21.4 Å². The number of amidine groups is 1. The second kappa shape index (κ2) is 14.6. The maximum atomic E-state index is 13.5. The zero-order valence-electron chi connectivity index (χ0n) is 25.5. The summed E-state index contributed by atoms with van der Waals surface area (Å²) in [5.74, 6) is -0.635. The Morgan fingerprint density at radius 3 is 2.27 bits per heavy atom. The van der Waals surface area contributed by atoms with Crippen molar-refractivity contribution in [2.24, 2.45) is 10.7 Å². The molecule has 0 radical (unpaired) electrons. The van der Waals surface area contributed by atoms with Gasteiger partial charge in [0.05, 0.1) is 30.2 Å². The predicted octanol–water partition coefficient (Wildman–Crippen LogP) is 3.64. The van der Waals surface area contributed by atoms with E-state index in [4.69, 9.17) is 13.9 Å². The van der Waals surface area contributed by atoms with E-state index in [9.17, 15) is 26.4 Å². The topological polar surface area (TPSA) is 156 Å². The molecule has 2 amide bonds. The fourth-order valence-corrected chi connectivity index (χ4v) is 6.24. The van der Waals surface area contributed by atoms with E-state index in [1.165, 1.54) is 17.6 Å². The van der Waals surface area contributed by atoms with Crippen LogP contribution in [0.25, 0.3) is 0 Å². The van der Waals surface area contributed by atoms with Crippen molar-refractivity contribution in [2.45, 2.75) is 44.3 Å². The molecule has 4 N–H and O–H groups in total. The van der Waals surface area contributed by atoms with Crippen LogP contribution in [0.5, 0.6) is 5.75 Å². The number of hydrogen-bond acceptors (Lipinski definition) is 8. The van der Waals surface area contributed by atoms with Crippen LogP contribution >= 0.6 is 0 Å². The minimum absolute atomic E-state index is 0.234. The molecular weight excluding hydrogens is 615 g/mol. The van der Waals surface area contributed by atoms with Gasteiger partial charge < -0.3 is 25.5 Å². The van der Waals surface area contributed by atoms with Crippen LogP contribution in [0, 0.1) is 13.8 Å². The maximum Gasteiger partial charge on any atom is 0.470 e. The number of nitrogens with zero attached hydrogens (tertiary/aromatic N) is 2. The number of sulfonamides is 1. The van der Waals surface area contributed by atoms with Crippen LogP contribution in [-0.4, -0.2) is 70.3 Å². The number of primary amides is 1. The van der Waals surface area contributed by atoms with Crippen molar-refractivity contribution in [3.63, 3.8) is 0 Å². The first-order valence-electron chi connectivity index (χ1n) is 13.8. The number of nitrogens with two attached hydrogens (primary N) is 1. The predicted molar refractivity (Wildman–Crippen MR) is 162 cm³/mol. The largest absolute Gasteiger partial charge is 0.497 e.